The van der Waals surface area contributed by atoms with Crippen molar-refractivity contribution in [3.8, 4) is 23.1 Å². The van der Waals surface area contributed by atoms with Crippen molar-refractivity contribution >= 4 is 27.5 Å². The molecule has 0 N–H and O–H groups in total. The Balaban J connectivity index is 0.00000242. The number of rotatable bonds is 4. The van der Waals surface area contributed by atoms with Crippen molar-refractivity contribution < 1.29 is 37.4 Å². The second-order valence-corrected chi connectivity index (χ2v) is 5.38. The molecular weight excluding hydrogens is 444 g/mol. The van der Waals surface area contributed by atoms with Crippen molar-refractivity contribution in [2.45, 2.75) is 13.5 Å². The molecule has 111 valence electrons. The second-order valence-electron chi connectivity index (χ2n) is 4.12. The van der Waals surface area contributed by atoms with Crippen LogP contribution in [-0.4, -0.2) is 11.2 Å². The van der Waals surface area contributed by atoms with E-state index in [9.17, 15) is 4.79 Å². The number of nitrogens with zero attached hydrogens (tertiary/aromatic N) is 2. The van der Waals surface area contributed by atoms with Crippen LogP contribution < -0.4 is 10.3 Å². The Morgan fingerprint density at radius 2 is 2.23 bits per heavy atom. The molecule has 0 fully saturated rings. The molecule has 0 aliphatic rings. The van der Waals surface area contributed by atoms with Gasteiger partial charge >= 0.3 is 0 Å². The maximum absolute atomic E-state index is 12.0. The summed E-state index contributed by atoms with van der Waals surface area (Å²) in [6, 6.07) is 11.7. The number of hydrogen-bond donors (Lipinski definition) is 0. The van der Waals surface area contributed by atoms with E-state index in [0.29, 0.717) is 18.0 Å². The first-order valence-corrected chi connectivity index (χ1v) is 7.36. The van der Waals surface area contributed by atoms with Gasteiger partial charge in [-0.15, -0.1) is 6.07 Å². The third-order valence-corrected chi connectivity index (χ3v) is 3.80. The van der Waals surface area contributed by atoms with Gasteiger partial charge in [0.2, 0.25) is 5.56 Å². The van der Waals surface area contributed by atoms with Crippen molar-refractivity contribution in [2.75, 3.05) is 6.61 Å². The van der Waals surface area contributed by atoms with Crippen LogP contribution in [0.25, 0.3) is 11.3 Å². The van der Waals surface area contributed by atoms with Gasteiger partial charge in [-0.1, -0.05) is 27.2 Å². The number of pyridine rings is 1. The van der Waals surface area contributed by atoms with Gasteiger partial charge in [-0.05, 0) is 23.5 Å². The van der Waals surface area contributed by atoms with Gasteiger partial charge in [-0.3, -0.25) is 4.79 Å². The fraction of sp³-hybridized carbons (Fsp3) is 0.200. The Morgan fingerprint density at radius 3 is 2.82 bits per heavy atom. The topological polar surface area (TPSA) is 55.0 Å². The van der Waals surface area contributed by atoms with Crippen LogP contribution in [0.1, 0.15) is 6.92 Å². The summed E-state index contributed by atoms with van der Waals surface area (Å²) in [7, 11) is 0. The second kappa shape index (κ2) is 8.83. The van der Waals surface area contributed by atoms with E-state index in [1.54, 1.807) is 16.7 Å². The Morgan fingerprint density at radius 1 is 1.50 bits per heavy atom. The SMILES string of the molecule is CCn1c(-c2ccc(OCC#N)cc2Br)[c-]cc(Cl)c1=O.[Y]. The van der Waals surface area contributed by atoms with Crippen LogP contribution in [-0.2, 0) is 39.3 Å². The van der Waals surface area contributed by atoms with Crippen LogP contribution in [0, 0.1) is 17.4 Å². The van der Waals surface area contributed by atoms with Crippen molar-refractivity contribution in [1.82, 2.24) is 4.57 Å². The number of benzene rings is 1. The Labute approximate surface area is 167 Å². The molecule has 2 rings (SSSR count). The molecule has 0 aliphatic heterocycles. The number of ether oxygens (including phenoxy) is 1. The number of halogens is 2. The zero-order chi connectivity index (χ0) is 15.4. The van der Waals surface area contributed by atoms with E-state index in [4.69, 9.17) is 21.6 Å². The fourth-order valence-corrected chi connectivity index (χ4v) is 2.62. The minimum Gasteiger partial charge on any atom is -0.479 e. The van der Waals surface area contributed by atoms with Crippen molar-refractivity contribution in [3.05, 3.63) is 50.2 Å². The summed E-state index contributed by atoms with van der Waals surface area (Å²) < 4.78 is 7.54. The summed E-state index contributed by atoms with van der Waals surface area (Å²) in [4.78, 5) is 12.0. The molecule has 0 bridgehead atoms. The van der Waals surface area contributed by atoms with Gasteiger partial charge in [0.25, 0.3) is 0 Å². The molecule has 0 aliphatic carbocycles. The Kier molecular flexibility index (Phi) is 7.78. The molecule has 0 spiro atoms. The summed E-state index contributed by atoms with van der Waals surface area (Å²) >= 11 is 9.30. The van der Waals surface area contributed by atoms with Crippen molar-refractivity contribution in [1.29, 1.82) is 5.26 Å². The fourth-order valence-electron chi connectivity index (χ4n) is 1.92. The first kappa shape index (κ1) is 19.4. The van der Waals surface area contributed by atoms with Gasteiger partial charge in [0.05, 0.1) is 0 Å². The average molecular weight is 456 g/mol. The standard InChI is InChI=1S/C15H11BrClN2O2.Y/c1-2-19-14(6-5-13(17)15(19)20)11-4-3-10(9-12(11)16)21-8-7-18;/h3-5,9H,2,8H2,1H3;/q-1;. The summed E-state index contributed by atoms with van der Waals surface area (Å²) in [5.41, 5.74) is 1.20. The van der Waals surface area contributed by atoms with E-state index in [-0.39, 0.29) is 49.9 Å². The Hall–Kier alpha value is -0.666. The number of hydrogen-bond acceptors (Lipinski definition) is 3. The molecule has 0 saturated carbocycles. The molecule has 0 atom stereocenters. The molecule has 0 amide bonds. The summed E-state index contributed by atoms with van der Waals surface area (Å²) in [6.45, 7) is 2.34. The summed E-state index contributed by atoms with van der Waals surface area (Å²) in [6.07, 6.45) is 0. The summed E-state index contributed by atoms with van der Waals surface area (Å²) in [5, 5.41) is 8.66. The smallest absolute Gasteiger partial charge is 0.212 e. The predicted molar refractivity (Wildman–Crippen MR) is 84.5 cm³/mol. The third kappa shape index (κ3) is 4.20. The van der Waals surface area contributed by atoms with E-state index in [2.05, 4.69) is 22.0 Å². The van der Waals surface area contributed by atoms with Crippen LogP contribution in [0.3, 0.4) is 0 Å². The number of aromatic nitrogens is 1. The molecular formula is C15H11BrClN2O2Y-. The maximum atomic E-state index is 12.0. The minimum absolute atomic E-state index is 0. The molecule has 22 heavy (non-hydrogen) atoms. The molecule has 1 aromatic carbocycles. The largest absolute Gasteiger partial charge is 0.479 e. The maximum Gasteiger partial charge on any atom is 0.212 e. The van der Waals surface area contributed by atoms with Gasteiger partial charge in [-0.2, -0.15) is 29.0 Å². The normalized spacial score (nSPS) is 9.73. The van der Waals surface area contributed by atoms with Gasteiger partial charge in [-0.25, -0.2) is 0 Å². The van der Waals surface area contributed by atoms with E-state index >= 15 is 0 Å². The predicted octanol–water partition coefficient (Wildman–Crippen LogP) is 3.65. The molecule has 1 radical (unpaired) electrons. The van der Waals surface area contributed by atoms with Crippen molar-refractivity contribution in [3.63, 3.8) is 0 Å². The first-order chi connectivity index (χ1) is 10.1. The van der Waals surface area contributed by atoms with E-state index in [1.165, 1.54) is 6.07 Å². The van der Waals surface area contributed by atoms with E-state index in [1.807, 2.05) is 19.1 Å². The monoisotopic (exact) mass is 454 g/mol. The third-order valence-electron chi connectivity index (χ3n) is 2.87. The van der Waals surface area contributed by atoms with Crippen LogP contribution in [0.15, 0.2) is 33.5 Å². The van der Waals surface area contributed by atoms with Gasteiger partial charge in [0.1, 0.15) is 11.8 Å². The van der Waals surface area contributed by atoms with Crippen LogP contribution in [0.5, 0.6) is 5.75 Å². The van der Waals surface area contributed by atoms with Gasteiger partial charge in [0, 0.05) is 44.3 Å². The summed E-state index contributed by atoms with van der Waals surface area (Å²) in [5.74, 6) is 0.575. The molecule has 2 aromatic rings. The quantitative estimate of drug-likeness (QED) is 0.662. The zero-order valence-corrected chi connectivity index (χ0v) is 16.9. The molecule has 7 heteroatoms. The minimum atomic E-state index is -0.246. The van der Waals surface area contributed by atoms with E-state index < -0.39 is 0 Å². The molecule has 4 nitrogen and oxygen atoms in total. The molecule has 0 unspecified atom stereocenters. The van der Waals surface area contributed by atoms with Crippen LogP contribution in [0.4, 0.5) is 0 Å². The van der Waals surface area contributed by atoms with E-state index in [0.717, 1.165) is 10.0 Å². The molecule has 1 aromatic heterocycles. The zero-order valence-electron chi connectivity index (χ0n) is 11.8. The van der Waals surface area contributed by atoms with Gasteiger partial charge < -0.3 is 9.30 Å². The Bertz CT molecular complexity index is 771. The van der Waals surface area contributed by atoms with Gasteiger partial charge in [0.15, 0.2) is 6.61 Å². The van der Waals surface area contributed by atoms with Crippen LogP contribution >= 0.6 is 27.5 Å². The molecule has 0 saturated heterocycles. The number of nitriles is 1. The van der Waals surface area contributed by atoms with Crippen molar-refractivity contribution in [2.24, 2.45) is 0 Å². The molecule has 1 heterocycles. The van der Waals surface area contributed by atoms with Crippen LogP contribution in [0.2, 0.25) is 5.02 Å². The average Bonchev–Trinajstić information content (AvgIpc) is 2.48. The first-order valence-electron chi connectivity index (χ1n) is 6.19.